The summed E-state index contributed by atoms with van der Waals surface area (Å²) in [6.07, 6.45) is 2.52. The monoisotopic (exact) mass is 450 g/mol. The van der Waals surface area contributed by atoms with Crippen LogP contribution in [0.1, 0.15) is 32.3 Å². The van der Waals surface area contributed by atoms with E-state index >= 15 is 0 Å². The fraction of sp³-hybridized carbons (Fsp3) is 0.391. The predicted molar refractivity (Wildman–Crippen MR) is 121 cm³/mol. The number of nitrogens with one attached hydrogen (secondary N) is 1. The van der Waals surface area contributed by atoms with Gasteiger partial charge in [-0.15, -0.1) is 0 Å². The van der Waals surface area contributed by atoms with Gasteiger partial charge in [0.1, 0.15) is 11.8 Å². The number of hydrogen-bond acceptors (Lipinski definition) is 3. The fourth-order valence-electron chi connectivity index (χ4n) is 2.92. The summed E-state index contributed by atoms with van der Waals surface area (Å²) in [5.41, 5.74) is 1.09. The summed E-state index contributed by atoms with van der Waals surface area (Å²) in [6.45, 7) is 4.58. The first-order chi connectivity index (χ1) is 14.4. The van der Waals surface area contributed by atoms with Crippen molar-refractivity contribution in [3.8, 4) is 5.75 Å². The van der Waals surface area contributed by atoms with Gasteiger partial charge in [-0.2, -0.15) is 0 Å². The normalized spacial score (nSPS) is 11.6. The zero-order valence-corrected chi connectivity index (χ0v) is 18.9. The van der Waals surface area contributed by atoms with Gasteiger partial charge in [-0.05, 0) is 43.5 Å². The highest BCUT2D eigenvalue weighted by Gasteiger charge is 2.26. The first-order valence-electron chi connectivity index (χ1n) is 10.1. The van der Waals surface area contributed by atoms with E-state index in [1.807, 2.05) is 30.3 Å². The standard InChI is InChI=1S/C23H28Cl2N2O3/c1-3-4-13-26-23(29)17(2)27(14-12-18-8-6-5-7-9-18)22(28)16-30-21-11-10-19(24)15-20(21)25/h5-11,15,17H,3-4,12-14,16H2,1-2H3,(H,26,29)/t17-/m1/s1. The molecule has 0 bridgehead atoms. The van der Waals surface area contributed by atoms with Crippen molar-refractivity contribution in [3.05, 3.63) is 64.1 Å². The molecule has 2 amide bonds. The van der Waals surface area contributed by atoms with Gasteiger partial charge in [0.25, 0.3) is 5.91 Å². The average molecular weight is 451 g/mol. The van der Waals surface area contributed by atoms with E-state index in [0.717, 1.165) is 18.4 Å². The molecular weight excluding hydrogens is 423 g/mol. The van der Waals surface area contributed by atoms with Gasteiger partial charge in [0.15, 0.2) is 6.61 Å². The van der Waals surface area contributed by atoms with E-state index in [-0.39, 0.29) is 18.4 Å². The maximum absolute atomic E-state index is 12.9. The molecule has 162 valence electrons. The second-order valence-corrected chi connectivity index (χ2v) is 7.85. The minimum absolute atomic E-state index is 0.172. The number of halogens is 2. The Morgan fingerprint density at radius 1 is 1.13 bits per heavy atom. The van der Waals surface area contributed by atoms with E-state index in [9.17, 15) is 9.59 Å². The van der Waals surface area contributed by atoms with Crippen molar-refractivity contribution in [1.82, 2.24) is 10.2 Å². The van der Waals surface area contributed by atoms with E-state index < -0.39 is 6.04 Å². The Morgan fingerprint density at radius 3 is 2.53 bits per heavy atom. The molecule has 0 spiro atoms. The molecule has 2 rings (SSSR count). The van der Waals surface area contributed by atoms with Crippen molar-refractivity contribution in [2.75, 3.05) is 19.7 Å². The number of ether oxygens (including phenoxy) is 1. The van der Waals surface area contributed by atoms with Gasteiger partial charge >= 0.3 is 0 Å². The van der Waals surface area contributed by atoms with E-state index in [1.54, 1.807) is 30.0 Å². The van der Waals surface area contributed by atoms with Crippen molar-refractivity contribution >= 4 is 35.0 Å². The molecule has 0 heterocycles. The van der Waals surface area contributed by atoms with Crippen LogP contribution in [0.2, 0.25) is 10.0 Å². The summed E-state index contributed by atoms with van der Waals surface area (Å²) in [7, 11) is 0. The highest BCUT2D eigenvalue weighted by atomic mass is 35.5. The van der Waals surface area contributed by atoms with E-state index in [0.29, 0.717) is 35.3 Å². The van der Waals surface area contributed by atoms with Crippen LogP contribution in [0.15, 0.2) is 48.5 Å². The van der Waals surface area contributed by atoms with Gasteiger partial charge < -0.3 is 15.0 Å². The first-order valence-corrected chi connectivity index (χ1v) is 10.9. The molecule has 0 aliphatic carbocycles. The summed E-state index contributed by atoms with van der Waals surface area (Å²) in [5, 5.41) is 3.71. The number of rotatable bonds is 11. The summed E-state index contributed by atoms with van der Waals surface area (Å²) < 4.78 is 5.60. The van der Waals surface area contributed by atoms with Crippen molar-refractivity contribution in [3.63, 3.8) is 0 Å². The molecule has 5 nitrogen and oxygen atoms in total. The average Bonchev–Trinajstić information content (AvgIpc) is 2.74. The summed E-state index contributed by atoms with van der Waals surface area (Å²) >= 11 is 12.0. The lowest BCUT2D eigenvalue weighted by atomic mass is 10.1. The summed E-state index contributed by atoms with van der Waals surface area (Å²) in [5.74, 6) is -0.0815. The molecule has 0 radical (unpaired) electrons. The van der Waals surface area contributed by atoms with Crippen LogP contribution in [-0.2, 0) is 16.0 Å². The van der Waals surface area contributed by atoms with Crippen LogP contribution < -0.4 is 10.1 Å². The maximum Gasteiger partial charge on any atom is 0.261 e. The van der Waals surface area contributed by atoms with E-state index in [1.165, 1.54) is 0 Å². The molecule has 1 N–H and O–H groups in total. The quantitative estimate of drug-likeness (QED) is 0.502. The molecule has 30 heavy (non-hydrogen) atoms. The molecule has 0 aliphatic heterocycles. The van der Waals surface area contributed by atoms with Crippen LogP contribution in [0.5, 0.6) is 5.75 Å². The molecule has 2 aromatic carbocycles. The van der Waals surface area contributed by atoms with Gasteiger partial charge in [-0.1, -0.05) is 66.9 Å². The third kappa shape index (κ3) is 7.54. The van der Waals surface area contributed by atoms with Gasteiger partial charge in [0.05, 0.1) is 5.02 Å². The molecule has 7 heteroatoms. The Balaban J connectivity index is 2.05. The molecule has 0 fully saturated rings. The molecule has 0 saturated heterocycles. The fourth-order valence-corrected chi connectivity index (χ4v) is 3.38. The van der Waals surface area contributed by atoms with Gasteiger partial charge in [-0.3, -0.25) is 9.59 Å². The Kier molecular flexibility index (Phi) is 9.98. The topological polar surface area (TPSA) is 58.6 Å². The molecule has 0 aliphatic rings. The summed E-state index contributed by atoms with van der Waals surface area (Å²) in [4.78, 5) is 27.1. The predicted octanol–water partition coefficient (Wildman–Crippen LogP) is 4.75. The first kappa shape index (κ1) is 24.0. The minimum atomic E-state index is -0.609. The highest BCUT2D eigenvalue weighted by Crippen LogP contribution is 2.27. The molecule has 1 atom stereocenters. The van der Waals surface area contributed by atoms with E-state index in [4.69, 9.17) is 27.9 Å². The SMILES string of the molecule is CCCCNC(=O)[C@@H](C)N(CCc1ccccc1)C(=O)COc1ccc(Cl)cc1Cl. The van der Waals surface area contributed by atoms with Crippen molar-refractivity contribution < 1.29 is 14.3 Å². The second kappa shape index (κ2) is 12.5. The molecular formula is C23H28Cl2N2O3. The lowest BCUT2D eigenvalue weighted by molar-refractivity contribution is -0.141. The number of nitrogens with zero attached hydrogens (tertiary/aromatic N) is 1. The number of carbonyl (C=O) groups is 2. The van der Waals surface area contributed by atoms with Gasteiger partial charge in [-0.25, -0.2) is 0 Å². The number of hydrogen-bond donors (Lipinski definition) is 1. The zero-order chi connectivity index (χ0) is 21.9. The van der Waals surface area contributed by atoms with Crippen LogP contribution >= 0.6 is 23.2 Å². The number of carbonyl (C=O) groups excluding carboxylic acids is 2. The van der Waals surface area contributed by atoms with Gasteiger partial charge in [0.2, 0.25) is 5.91 Å². The number of amides is 2. The number of unbranched alkanes of at least 4 members (excludes halogenated alkanes) is 1. The van der Waals surface area contributed by atoms with Crippen LogP contribution in [-0.4, -0.2) is 42.5 Å². The van der Waals surface area contributed by atoms with Crippen molar-refractivity contribution in [2.24, 2.45) is 0 Å². The second-order valence-electron chi connectivity index (χ2n) is 7.01. The van der Waals surface area contributed by atoms with Crippen molar-refractivity contribution in [2.45, 2.75) is 39.2 Å². The molecule has 0 aromatic heterocycles. The summed E-state index contributed by atoms with van der Waals surface area (Å²) in [6, 6.07) is 14.1. The molecule has 2 aromatic rings. The van der Waals surface area contributed by atoms with Gasteiger partial charge in [0, 0.05) is 18.1 Å². The van der Waals surface area contributed by atoms with Crippen LogP contribution in [0, 0.1) is 0 Å². The van der Waals surface area contributed by atoms with Crippen LogP contribution in [0.4, 0.5) is 0 Å². The Labute approximate surface area is 188 Å². The Morgan fingerprint density at radius 2 is 1.87 bits per heavy atom. The Hall–Kier alpha value is -2.24. The largest absolute Gasteiger partial charge is 0.482 e. The third-order valence-electron chi connectivity index (χ3n) is 4.73. The van der Waals surface area contributed by atoms with Crippen LogP contribution in [0.3, 0.4) is 0 Å². The lowest BCUT2D eigenvalue weighted by Crippen LogP contribution is -2.50. The van der Waals surface area contributed by atoms with E-state index in [2.05, 4.69) is 12.2 Å². The number of benzene rings is 2. The maximum atomic E-state index is 12.9. The Bertz CT molecular complexity index is 830. The van der Waals surface area contributed by atoms with Crippen molar-refractivity contribution in [1.29, 1.82) is 0 Å². The lowest BCUT2D eigenvalue weighted by Gasteiger charge is -2.28. The smallest absolute Gasteiger partial charge is 0.261 e. The third-order valence-corrected chi connectivity index (χ3v) is 5.26. The zero-order valence-electron chi connectivity index (χ0n) is 17.4. The minimum Gasteiger partial charge on any atom is -0.482 e. The molecule has 0 unspecified atom stereocenters. The van der Waals surface area contributed by atoms with Crippen LogP contribution in [0.25, 0.3) is 0 Å². The molecule has 0 saturated carbocycles. The highest BCUT2D eigenvalue weighted by molar-refractivity contribution is 6.35.